The summed E-state index contributed by atoms with van der Waals surface area (Å²) in [7, 11) is 1.37. The SMILES string of the molecule is COC(=O)c1cc(CNCC2CCCOC2)oc1C. The molecule has 0 aromatic carbocycles. The van der Waals surface area contributed by atoms with Crippen molar-refractivity contribution in [3.63, 3.8) is 0 Å². The Morgan fingerprint density at radius 3 is 3.11 bits per heavy atom. The fraction of sp³-hybridized carbons (Fsp3) is 0.643. The van der Waals surface area contributed by atoms with Gasteiger partial charge < -0.3 is 19.2 Å². The first-order valence-electron chi connectivity index (χ1n) is 6.66. The van der Waals surface area contributed by atoms with Gasteiger partial charge in [-0.3, -0.25) is 0 Å². The van der Waals surface area contributed by atoms with Crippen molar-refractivity contribution in [2.45, 2.75) is 26.3 Å². The normalized spacial score (nSPS) is 19.4. The van der Waals surface area contributed by atoms with Crippen LogP contribution in [0.2, 0.25) is 0 Å². The summed E-state index contributed by atoms with van der Waals surface area (Å²) in [6.07, 6.45) is 2.34. The number of carbonyl (C=O) groups excluding carboxylic acids is 1. The number of rotatable bonds is 5. The molecule has 0 spiro atoms. The molecule has 1 fully saturated rings. The topological polar surface area (TPSA) is 60.7 Å². The van der Waals surface area contributed by atoms with Gasteiger partial charge in [-0.1, -0.05) is 0 Å². The van der Waals surface area contributed by atoms with Crippen molar-refractivity contribution in [3.05, 3.63) is 23.2 Å². The van der Waals surface area contributed by atoms with Crippen LogP contribution in [0.4, 0.5) is 0 Å². The summed E-state index contributed by atoms with van der Waals surface area (Å²) in [4.78, 5) is 11.4. The van der Waals surface area contributed by atoms with E-state index in [-0.39, 0.29) is 5.97 Å². The van der Waals surface area contributed by atoms with Crippen LogP contribution in [0.3, 0.4) is 0 Å². The lowest BCUT2D eigenvalue weighted by molar-refractivity contribution is 0.0546. The van der Waals surface area contributed by atoms with Crippen molar-refractivity contribution in [2.75, 3.05) is 26.9 Å². The van der Waals surface area contributed by atoms with Crippen LogP contribution < -0.4 is 5.32 Å². The third-order valence-electron chi connectivity index (χ3n) is 3.36. The Morgan fingerprint density at radius 2 is 2.42 bits per heavy atom. The number of methoxy groups -OCH3 is 1. The molecule has 2 rings (SSSR count). The Bertz CT molecular complexity index is 421. The number of furan rings is 1. The van der Waals surface area contributed by atoms with Gasteiger partial charge in [-0.2, -0.15) is 0 Å². The van der Waals surface area contributed by atoms with Gasteiger partial charge in [0.2, 0.25) is 0 Å². The van der Waals surface area contributed by atoms with E-state index in [1.54, 1.807) is 13.0 Å². The van der Waals surface area contributed by atoms with Crippen LogP contribution in [0.25, 0.3) is 0 Å². The van der Waals surface area contributed by atoms with Gasteiger partial charge in [-0.15, -0.1) is 0 Å². The number of nitrogens with one attached hydrogen (secondary N) is 1. The summed E-state index contributed by atoms with van der Waals surface area (Å²) in [5.74, 6) is 1.58. The van der Waals surface area contributed by atoms with Gasteiger partial charge in [-0.05, 0) is 31.7 Å². The van der Waals surface area contributed by atoms with Crippen LogP contribution in [0.1, 0.15) is 34.7 Å². The monoisotopic (exact) mass is 267 g/mol. The minimum absolute atomic E-state index is 0.354. The van der Waals surface area contributed by atoms with Gasteiger partial charge in [-0.25, -0.2) is 4.79 Å². The molecule has 1 aromatic rings. The van der Waals surface area contributed by atoms with E-state index in [9.17, 15) is 4.79 Å². The molecule has 0 bridgehead atoms. The number of aryl methyl sites for hydroxylation is 1. The molecule has 5 nitrogen and oxygen atoms in total. The molecule has 0 saturated carbocycles. The molecule has 1 N–H and O–H groups in total. The smallest absolute Gasteiger partial charge is 0.341 e. The van der Waals surface area contributed by atoms with Gasteiger partial charge in [0.1, 0.15) is 17.1 Å². The summed E-state index contributed by atoms with van der Waals surface area (Å²) in [6.45, 7) is 5.01. The largest absolute Gasteiger partial charge is 0.465 e. The maximum Gasteiger partial charge on any atom is 0.341 e. The first-order chi connectivity index (χ1) is 9.20. The highest BCUT2D eigenvalue weighted by Gasteiger charge is 2.16. The predicted octanol–water partition coefficient (Wildman–Crippen LogP) is 1.89. The lowest BCUT2D eigenvalue weighted by Crippen LogP contribution is -2.28. The Morgan fingerprint density at radius 1 is 1.58 bits per heavy atom. The summed E-state index contributed by atoms with van der Waals surface area (Å²) in [5, 5.41) is 3.34. The molecule has 1 aliphatic rings. The highest BCUT2D eigenvalue weighted by atomic mass is 16.5. The highest BCUT2D eigenvalue weighted by molar-refractivity contribution is 5.90. The highest BCUT2D eigenvalue weighted by Crippen LogP contribution is 2.16. The molecule has 1 aliphatic heterocycles. The summed E-state index contributed by atoms with van der Waals surface area (Å²) in [5.41, 5.74) is 0.500. The summed E-state index contributed by atoms with van der Waals surface area (Å²) in [6, 6.07) is 1.74. The second-order valence-electron chi connectivity index (χ2n) is 4.89. The van der Waals surface area contributed by atoms with Crippen LogP contribution >= 0.6 is 0 Å². The van der Waals surface area contributed by atoms with Crippen molar-refractivity contribution in [1.82, 2.24) is 5.32 Å². The molecule has 0 amide bonds. The third kappa shape index (κ3) is 3.81. The van der Waals surface area contributed by atoms with Crippen molar-refractivity contribution in [2.24, 2.45) is 5.92 Å². The number of carbonyl (C=O) groups is 1. The lowest BCUT2D eigenvalue weighted by atomic mass is 10.0. The van der Waals surface area contributed by atoms with Crippen LogP contribution in [0.5, 0.6) is 0 Å². The number of esters is 1. The van der Waals surface area contributed by atoms with Gasteiger partial charge in [0.15, 0.2) is 0 Å². The molecule has 0 aliphatic carbocycles. The molecule has 2 heterocycles. The average molecular weight is 267 g/mol. The van der Waals surface area contributed by atoms with E-state index in [4.69, 9.17) is 13.9 Å². The first-order valence-corrected chi connectivity index (χ1v) is 6.66. The van der Waals surface area contributed by atoms with E-state index in [2.05, 4.69) is 5.32 Å². The molecule has 5 heteroatoms. The summed E-state index contributed by atoms with van der Waals surface area (Å²) < 4.78 is 15.7. The van der Waals surface area contributed by atoms with Gasteiger partial charge in [0, 0.05) is 13.2 Å². The van der Waals surface area contributed by atoms with E-state index < -0.39 is 0 Å². The lowest BCUT2D eigenvalue weighted by Gasteiger charge is -2.21. The molecular formula is C14H21NO4. The zero-order valence-electron chi connectivity index (χ0n) is 11.5. The summed E-state index contributed by atoms with van der Waals surface area (Å²) >= 11 is 0. The fourth-order valence-corrected chi connectivity index (χ4v) is 2.31. The Labute approximate surface area is 113 Å². The van der Waals surface area contributed by atoms with Crippen LogP contribution in [-0.4, -0.2) is 32.8 Å². The average Bonchev–Trinajstić information content (AvgIpc) is 2.80. The minimum atomic E-state index is -0.354. The quantitative estimate of drug-likeness (QED) is 0.825. The van der Waals surface area contributed by atoms with Gasteiger partial charge in [0.05, 0.1) is 20.3 Å². The maximum absolute atomic E-state index is 11.4. The van der Waals surface area contributed by atoms with Crippen molar-refractivity contribution in [3.8, 4) is 0 Å². The molecule has 1 unspecified atom stereocenters. The second kappa shape index (κ2) is 6.73. The molecule has 1 saturated heterocycles. The first kappa shape index (κ1) is 14.1. The number of ether oxygens (including phenoxy) is 2. The molecule has 1 atom stereocenters. The van der Waals surface area contributed by atoms with Crippen molar-refractivity contribution < 1.29 is 18.7 Å². The molecule has 19 heavy (non-hydrogen) atoms. The van der Waals surface area contributed by atoms with E-state index >= 15 is 0 Å². The van der Waals surface area contributed by atoms with Crippen LogP contribution in [-0.2, 0) is 16.0 Å². The zero-order chi connectivity index (χ0) is 13.7. The van der Waals surface area contributed by atoms with Crippen LogP contribution in [0.15, 0.2) is 10.5 Å². The minimum Gasteiger partial charge on any atom is -0.465 e. The Balaban J connectivity index is 1.81. The number of hydrogen-bond donors (Lipinski definition) is 1. The number of hydrogen-bond acceptors (Lipinski definition) is 5. The Hall–Kier alpha value is -1.33. The fourth-order valence-electron chi connectivity index (χ4n) is 2.31. The predicted molar refractivity (Wildman–Crippen MR) is 70.0 cm³/mol. The van der Waals surface area contributed by atoms with E-state index in [1.807, 2.05) is 0 Å². The van der Waals surface area contributed by atoms with Crippen molar-refractivity contribution >= 4 is 5.97 Å². The van der Waals surface area contributed by atoms with E-state index in [0.29, 0.717) is 23.8 Å². The zero-order valence-corrected chi connectivity index (χ0v) is 11.5. The standard InChI is InChI=1S/C14H21NO4/c1-10-13(14(16)17-2)6-12(19-10)8-15-7-11-4-3-5-18-9-11/h6,11,15H,3-5,7-9H2,1-2H3. The third-order valence-corrected chi connectivity index (χ3v) is 3.36. The second-order valence-corrected chi connectivity index (χ2v) is 4.89. The van der Waals surface area contributed by atoms with E-state index in [0.717, 1.165) is 31.9 Å². The Kier molecular flexibility index (Phi) is 4.99. The van der Waals surface area contributed by atoms with Gasteiger partial charge >= 0.3 is 5.97 Å². The molecular weight excluding hydrogens is 246 g/mol. The maximum atomic E-state index is 11.4. The molecule has 1 aromatic heterocycles. The van der Waals surface area contributed by atoms with E-state index in [1.165, 1.54) is 13.5 Å². The molecule has 106 valence electrons. The van der Waals surface area contributed by atoms with Crippen molar-refractivity contribution in [1.29, 1.82) is 0 Å². The van der Waals surface area contributed by atoms with Gasteiger partial charge in [0.25, 0.3) is 0 Å². The molecule has 0 radical (unpaired) electrons. The van der Waals surface area contributed by atoms with Crippen LogP contribution in [0, 0.1) is 12.8 Å².